The van der Waals surface area contributed by atoms with E-state index in [1.165, 1.54) is 18.4 Å². The lowest BCUT2D eigenvalue weighted by molar-refractivity contribution is -0.141. The van der Waals surface area contributed by atoms with E-state index in [-0.39, 0.29) is 12.6 Å². The van der Waals surface area contributed by atoms with Crippen LogP contribution in [0, 0.1) is 6.92 Å². The highest BCUT2D eigenvalue weighted by Gasteiger charge is 2.17. The second kappa shape index (κ2) is 7.77. The molecule has 3 rings (SSSR count). The summed E-state index contributed by atoms with van der Waals surface area (Å²) in [6, 6.07) is 7.45. The molecular formula is C18H19BrN4O3S. The third kappa shape index (κ3) is 4.03. The maximum atomic E-state index is 12.8. The van der Waals surface area contributed by atoms with Gasteiger partial charge in [0, 0.05) is 10.5 Å². The number of hydrogen-bond acceptors (Lipinski definition) is 5. The number of aryl methyl sites for hydroxylation is 1. The highest BCUT2D eigenvalue weighted by molar-refractivity contribution is 9.10. The second-order valence-electron chi connectivity index (χ2n) is 6.29. The van der Waals surface area contributed by atoms with Gasteiger partial charge < -0.3 is 9.30 Å². The molecule has 0 saturated carbocycles. The van der Waals surface area contributed by atoms with Crippen molar-refractivity contribution in [3.8, 4) is 0 Å². The zero-order chi connectivity index (χ0) is 19.7. The van der Waals surface area contributed by atoms with Crippen LogP contribution in [0.1, 0.15) is 36.1 Å². The van der Waals surface area contributed by atoms with Crippen LogP contribution in [0.5, 0.6) is 0 Å². The van der Waals surface area contributed by atoms with Gasteiger partial charge in [-0.2, -0.15) is 10.1 Å². The zero-order valence-electron chi connectivity index (χ0n) is 15.4. The zero-order valence-corrected chi connectivity index (χ0v) is 17.8. The van der Waals surface area contributed by atoms with Crippen LogP contribution in [0.3, 0.4) is 0 Å². The molecule has 9 heteroatoms. The minimum atomic E-state index is -0.408. The van der Waals surface area contributed by atoms with Gasteiger partial charge in [-0.1, -0.05) is 27.3 Å². The number of fused-ring (bicyclic) bond motifs is 1. The Balaban J connectivity index is 2.16. The van der Waals surface area contributed by atoms with Crippen molar-refractivity contribution in [2.75, 3.05) is 7.11 Å². The molecular weight excluding hydrogens is 432 g/mol. The van der Waals surface area contributed by atoms with E-state index >= 15 is 0 Å². The molecule has 142 valence electrons. The Hall–Kier alpha value is -2.26. The van der Waals surface area contributed by atoms with Crippen LogP contribution in [0.4, 0.5) is 0 Å². The smallest absolute Gasteiger partial charge is 0.325 e. The van der Waals surface area contributed by atoms with Crippen molar-refractivity contribution in [1.29, 1.82) is 0 Å². The van der Waals surface area contributed by atoms with Gasteiger partial charge in [0.1, 0.15) is 12.2 Å². The molecule has 7 nitrogen and oxygen atoms in total. The lowest BCUT2D eigenvalue weighted by Crippen LogP contribution is -2.23. The molecule has 0 aliphatic carbocycles. The summed E-state index contributed by atoms with van der Waals surface area (Å²) in [5.74, 6) is -0.803. The lowest BCUT2D eigenvalue weighted by atomic mass is 10.3. The lowest BCUT2D eigenvalue weighted by Gasteiger charge is -2.08. The minimum Gasteiger partial charge on any atom is -0.468 e. The second-order valence-corrected chi connectivity index (χ2v) is 8.21. The Bertz CT molecular complexity index is 1090. The molecule has 27 heavy (non-hydrogen) atoms. The summed E-state index contributed by atoms with van der Waals surface area (Å²) in [6.07, 6.45) is 0. The van der Waals surface area contributed by atoms with Gasteiger partial charge in [0.05, 0.1) is 23.0 Å². The fraction of sp³-hybridized carbons (Fsp3) is 0.333. The summed E-state index contributed by atoms with van der Waals surface area (Å²) in [6.45, 7) is 5.73. The van der Waals surface area contributed by atoms with E-state index in [4.69, 9.17) is 4.74 Å². The summed E-state index contributed by atoms with van der Waals surface area (Å²) in [5, 5.41) is 4.36. The molecule has 0 saturated heterocycles. The predicted octanol–water partition coefficient (Wildman–Crippen LogP) is 3.47. The summed E-state index contributed by atoms with van der Waals surface area (Å²) in [4.78, 5) is 29.4. The van der Waals surface area contributed by atoms with Gasteiger partial charge >= 0.3 is 5.97 Å². The van der Waals surface area contributed by atoms with Crippen molar-refractivity contribution < 1.29 is 14.3 Å². The van der Waals surface area contributed by atoms with Crippen molar-refractivity contribution in [1.82, 2.24) is 14.3 Å². The Kier molecular flexibility index (Phi) is 5.61. The number of esters is 1. The van der Waals surface area contributed by atoms with Crippen molar-refractivity contribution >= 4 is 49.4 Å². The highest BCUT2D eigenvalue weighted by Crippen LogP contribution is 2.22. The fourth-order valence-corrected chi connectivity index (χ4v) is 4.27. The molecule has 0 fully saturated rings. The topological polar surface area (TPSA) is 78.5 Å². The molecule has 0 unspecified atom stereocenters. The maximum Gasteiger partial charge on any atom is 0.325 e. The number of methoxy groups -OCH3 is 1. The van der Waals surface area contributed by atoms with Gasteiger partial charge in [0.15, 0.2) is 4.80 Å². The Morgan fingerprint density at radius 2 is 2.07 bits per heavy atom. The first-order valence-electron chi connectivity index (χ1n) is 8.31. The number of halogens is 1. The maximum absolute atomic E-state index is 12.8. The van der Waals surface area contributed by atoms with Gasteiger partial charge in [0.2, 0.25) is 0 Å². The standard InChI is InChI=1S/C18H19BrN4O3S/c1-10(2)23-14(7-11(3)21-23)17(25)20-18-22(9-16(24)26-4)13-6-5-12(19)8-15(13)27-18/h5-8,10H,9H2,1-4H3. The van der Waals surface area contributed by atoms with Crippen LogP contribution < -0.4 is 4.80 Å². The molecule has 1 aromatic carbocycles. The highest BCUT2D eigenvalue weighted by atomic mass is 79.9. The number of rotatable bonds is 4. The van der Waals surface area contributed by atoms with Crippen LogP contribution in [0.15, 0.2) is 33.7 Å². The molecule has 0 bridgehead atoms. The van der Waals surface area contributed by atoms with Crippen LogP contribution in [-0.2, 0) is 16.1 Å². The average molecular weight is 451 g/mol. The van der Waals surface area contributed by atoms with Crippen LogP contribution in [0.25, 0.3) is 10.2 Å². The molecule has 0 radical (unpaired) electrons. The van der Waals surface area contributed by atoms with Crippen LogP contribution in [0.2, 0.25) is 0 Å². The summed E-state index contributed by atoms with van der Waals surface area (Å²) in [7, 11) is 1.33. The predicted molar refractivity (Wildman–Crippen MR) is 107 cm³/mol. The number of amides is 1. The largest absolute Gasteiger partial charge is 0.468 e. The first kappa shape index (κ1) is 19.5. The monoisotopic (exact) mass is 450 g/mol. The first-order chi connectivity index (χ1) is 12.8. The number of nitrogens with zero attached hydrogens (tertiary/aromatic N) is 4. The molecule has 0 aliphatic rings. The van der Waals surface area contributed by atoms with E-state index in [1.54, 1.807) is 15.3 Å². The van der Waals surface area contributed by atoms with E-state index in [1.807, 2.05) is 39.0 Å². The number of aromatic nitrogens is 3. The third-order valence-electron chi connectivity index (χ3n) is 3.92. The molecule has 0 N–H and O–H groups in total. The fourth-order valence-electron chi connectivity index (χ4n) is 2.69. The van der Waals surface area contributed by atoms with Gasteiger partial charge in [-0.05, 0) is 45.0 Å². The van der Waals surface area contributed by atoms with Crippen LogP contribution >= 0.6 is 27.3 Å². The van der Waals surface area contributed by atoms with E-state index in [2.05, 4.69) is 26.0 Å². The van der Waals surface area contributed by atoms with Crippen molar-refractivity contribution in [2.45, 2.75) is 33.4 Å². The van der Waals surface area contributed by atoms with Gasteiger partial charge in [-0.3, -0.25) is 14.3 Å². The van der Waals surface area contributed by atoms with E-state index < -0.39 is 11.9 Å². The summed E-state index contributed by atoms with van der Waals surface area (Å²) in [5.41, 5.74) is 1.99. The number of carbonyl (C=O) groups is 2. The molecule has 0 aliphatic heterocycles. The number of hydrogen-bond donors (Lipinski definition) is 0. The van der Waals surface area contributed by atoms with E-state index in [0.717, 1.165) is 20.4 Å². The van der Waals surface area contributed by atoms with Crippen molar-refractivity contribution in [3.63, 3.8) is 0 Å². The molecule has 2 aromatic heterocycles. The molecule has 1 amide bonds. The van der Waals surface area contributed by atoms with Gasteiger partial charge in [-0.25, -0.2) is 0 Å². The quantitative estimate of drug-likeness (QED) is 0.570. The first-order valence-corrected chi connectivity index (χ1v) is 9.92. The number of ether oxygens (including phenoxy) is 1. The molecule has 0 atom stereocenters. The van der Waals surface area contributed by atoms with Crippen LogP contribution in [-0.4, -0.2) is 33.3 Å². The Morgan fingerprint density at radius 1 is 1.33 bits per heavy atom. The Morgan fingerprint density at radius 3 is 2.74 bits per heavy atom. The van der Waals surface area contributed by atoms with Gasteiger partial charge in [-0.15, -0.1) is 0 Å². The van der Waals surface area contributed by atoms with E-state index in [9.17, 15) is 9.59 Å². The summed E-state index contributed by atoms with van der Waals surface area (Å²) >= 11 is 4.79. The number of carbonyl (C=O) groups excluding carboxylic acids is 2. The van der Waals surface area contributed by atoms with Crippen molar-refractivity contribution in [3.05, 3.63) is 44.9 Å². The number of benzene rings is 1. The summed E-state index contributed by atoms with van der Waals surface area (Å²) < 4.78 is 9.97. The molecule has 3 aromatic rings. The number of thiazole rings is 1. The Labute approximate surface area is 168 Å². The van der Waals surface area contributed by atoms with Crippen molar-refractivity contribution in [2.24, 2.45) is 4.99 Å². The molecule has 0 spiro atoms. The van der Waals surface area contributed by atoms with E-state index in [0.29, 0.717) is 10.5 Å². The average Bonchev–Trinajstić information content (AvgIpc) is 3.15. The third-order valence-corrected chi connectivity index (χ3v) is 5.46. The SMILES string of the molecule is COC(=O)Cn1c(=NC(=O)c2cc(C)nn2C(C)C)sc2cc(Br)ccc21. The van der Waals surface area contributed by atoms with Gasteiger partial charge in [0.25, 0.3) is 5.91 Å². The molecule has 2 heterocycles. The normalized spacial score (nSPS) is 12.1. The minimum absolute atomic E-state index is 0.0211.